The van der Waals surface area contributed by atoms with Crippen LogP contribution in [0, 0.1) is 10.1 Å². The Labute approximate surface area is 176 Å². The molecule has 0 radical (unpaired) electrons. The summed E-state index contributed by atoms with van der Waals surface area (Å²) < 4.78 is 1.86. The van der Waals surface area contributed by atoms with E-state index in [0.29, 0.717) is 6.54 Å². The molecule has 0 saturated carbocycles. The van der Waals surface area contributed by atoms with Crippen LogP contribution in [0.5, 0.6) is 0 Å². The van der Waals surface area contributed by atoms with E-state index in [1.807, 2.05) is 71.5 Å². The maximum absolute atomic E-state index is 12.4. The van der Waals surface area contributed by atoms with E-state index in [2.05, 4.69) is 5.32 Å². The lowest BCUT2D eigenvalue weighted by atomic mass is 10.1. The molecule has 1 amide bonds. The van der Waals surface area contributed by atoms with Gasteiger partial charge < -0.3 is 5.32 Å². The Bertz CT molecular complexity index is 1170. The minimum absolute atomic E-state index is 0.0548. The summed E-state index contributed by atoms with van der Waals surface area (Å²) in [6.07, 6.45) is 1.92. The van der Waals surface area contributed by atoms with Gasteiger partial charge in [0.25, 0.3) is 5.91 Å². The standard InChI is InChI=1S/C22H18N4O3S/c27-22(18-11-20(26(28)29)30-15-18)23-12-19-14-25(13-16-7-3-1-4-8-16)24-21(19)17-9-5-2-6-10-17/h1-11,14-15H,12-13H2,(H,23,27). The third-order valence-electron chi connectivity index (χ3n) is 4.54. The predicted octanol–water partition coefficient (Wildman–Crippen LogP) is 4.50. The molecule has 30 heavy (non-hydrogen) atoms. The summed E-state index contributed by atoms with van der Waals surface area (Å²) in [6.45, 7) is 0.882. The van der Waals surface area contributed by atoms with Gasteiger partial charge in [-0.1, -0.05) is 72.0 Å². The molecule has 0 aliphatic carbocycles. The molecule has 8 heteroatoms. The highest BCUT2D eigenvalue weighted by molar-refractivity contribution is 7.13. The van der Waals surface area contributed by atoms with Crippen molar-refractivity contribution in [2.75, 3.05) is 0 Å². The molecule has 0 aliphatic rings. The number of hydrogen-bond acceptors (Lipinski definition) is 5. The topological polar surface area (TPSA) is 90.1 Å². The lowest BCUT2D eigenvalue weighted by Crippen LogP contribution is -2.22. The van der Waals surface area contributed by atoms with Crippen LogP contribution in [0.3, 0.4) is 0 Å². The van der Waals surface area contributed by atoms with E-state index in [1.54, 1.807) is 0 Å². The fourth-order valence-corrected chi connectivity index (χ4v) is 3.80. The number of nitro groups is 1. The van der Waals surface area contributed by atoms with Gasteiger partial charge in [0.1, 0.15) is 0 Å². The molecule has 0 fully saturated rings. The van der Waals surface area contributed by atoms with Crippen molar-refractivity contribution >= 4 is 22.2 Å². The van der Waals surface area contributed by atoms with Gasteiger partial charge in [0.05, 0.1) is 22.7 Å². The number of nitrogens with zero attached hydrogens (tertiary/aromatic N) is 3. The van der Waals surface area contributed by atoms with E-state index in [4.69, 9.17) is 5.10 Å². The Kier molecular flexibility index (Phi) is 5.67. The minimum atomic E-state index is -0.497. The zero-order valence-corrected chi connectivity index (χ0v) is 16.7. The van der Waals surface area contributed by atoms with Gasteiger partial charge in [0.15, 0.2) is 0 Å². The largest absolute Gasteiger partial charge is 0.348 e. The van der Waals surface area contributed by atoms with Gasteiger partial charge in [-0.25, -0.2) is 0 Å². The number of aromatic nitrogens is 2. The van der Waals surface area contributed by atoms with Gasteiger partial charge in [0.2, 0.25) is 0 Å². The van der Waals surface area contributed by atoms with E-state index in [1.165, 1.54) is 11.4 Å². The van der Waals surface area contributed by atoms with Crippen LogP contribution in [-0.2, 0) is 13.1 Å². The fourth-order valence-electron chi connectivity index (χ4n) is 3.10. The highest BCUT2D eigenvalue weighted by Gasteiger charge is 2.17. The Hall–Kier alpha value is -3.78. The lowest BCUT2D eigenvalue weighted by Gasteiger charge is -2.04. The highest BCUT2D eigenvalue weighted by Crippen LogP contribution is 2.24. The van der Waals surface area contributed by atoms with E-state index in [0.717, 1.165) is 33.7 Å². The fraction of sp³-hybridized carbons (Fsp3) is 0.0909. The van der Waals surface area contributed by atoms with Gasteiger partial charge in [-0.05, 0) is 5.56 Å². The van der Waals surface area contributed by atoms with Crippen molar-refractivity contribution in [3.8, 4) is 11.3 Å². The molecule has 4 aromatic rings. The molecule has 0 atom stereocenters. The van der Waals surface area contributed by atoms with Gasteiger partial charge in [-0.3, -0.25) is 19.6 Å². The first-order valence-corrected chi connectivity index (χ1v) is 10.1. The Morgan fingerprint density at radius 3 is 2.47 bits per heavy atom. The van der Waals surface area contributed by atoms with Crippen molar-refractivity contribution in [1.29, 1.82) is 0 Å². The molecule has 0 spiro atoms. The number of carbonyl (C=O) groups is 1. The molecule has 150 valence electrons. The lowest BCUT2D eigenvalue weighted by molar-refractivity contribution is -0.380. The maximum atomic E-state index is 12.4. The van der Waals surface area contributed by atoms with Crippen LogP contribution in [0.1, 0.15) is 21.5 Å². The van der Waals surface area contributed by atoms with E-state index >= 15 is 0 Å². The number of thiophene rings is 1. The van der Waals surface area contributed by atoms with Crippen LogP contribution in [0.25, 0.3) is 11.3 Å². The average molecular weight is 418 g/mol. The van der Waals surface area contributed by atoms with Gasteiger partial charge >= 0.3 is 5.00 Å². The number of nitrogens with one attached hydrogen (secondary N) is 1. The second kappa shape index (κ2) is 8.71. The first kappa shape index (κ1) is 19.5. The van der Waals surface area contributed by atoms with Crippen LogP contribution in [-0.4, -0.2) is 20.6 Å². The third-order valence-corrected chi connectivity index (χ3v) is 5.42. The van der Waals surface area contributed by atoms with E-state index in [9.17, 15) is 14.9 Å². The summed E-state index contributed by atoms with van der Waals surface area (Å²) >= 11 is 0.937. The van der Waals surface area contributed by atoms with Crippen molar-refractivity contribution in [2.24, 2.45) is 0 Å². The summed E-state index contributed by atoms with van der Waals surface area (Å²) in [5.74, 6) is -0.353. The summed E-state index contributed by atoms with van der Waals surface area (Å²) in [6, 6.07) is 21.1. The number of benzene rings is 2. The SMILES string of the molecule is O=C(NCc1cn(Cc2ccccc2)nc1-c1ccccc1)c1csc([N+](=O)[O-])c1. The Balaban J connectivity index is 1.56. The van der Waals surface area contributed by atoms with Crippen molar-refractivity contribution in [3.63, 3.8) is 0 Å². The minimum Gasteiger partial charge on any atom is -0.348 e. The summed E-state index contributed by atoms with van der Waals surface area (Å²) in [7, 11) is 0. The molecule has 7 nitrogen and oxygen atoms in total. The predicted molar refractivity (Wildman–Crippen MR) is 115 cm³/mol. The maximum Gasteiger partial charge on any atom is 0.324 e. The van der Waals surface area contributed by atoms with Crippen LogP contribution in [0.15, 0.2) is 78.3 Å². The van der Waals surface area contributed by atoms with Crippen molar-refractivity contribution in [1.82, 2.24) is 15.1 Å². The smallest absolute Gasteiger partial charge is 0.324 e. The molecule has 4 rings (SSSR count). The van der Waals surface area contributed by atoms with Crippen molar-refractivity contribution in [3.05, 3.63) is 105 Å². The van der Waals surface area contributed by atoms with Crippen LogP contribution < -0.4 is 5.32 Å². The first-order chi connectivity index (χ1) is 14.6. The van der Waals surface area contributed by atoms with Crippen molar-refractivity contribution in [2.45, 2.75) is 13.1 Å². The van der Waals surface area contributed by atoms with Crippen LogP contribution in [0.2, 0.25) is 0 Å². The molecular weight excluding hydrogens is 400 g/mol. The summed E-state index contributed by atoms with van der Waals surface area (Å²) in [4.78, 5) is 22.8. The number of hydrogen-bond donors (Lipinski definition) is 1. The van der Waals surface area contributed by atoms with E-state index in [-0.39, 0.29) is 23.0 Å². The zero-order chi connectivity index (χ0) is 20.9. The molecule has 0 saturated heterocycles. The number of carbonyl (C=O) groups excluding carboxylic acids is 1. The number of amides is 1. The Morgan fingerprint density at radius 1 is 1.10 bits per heavy atom. The zero-order valence-electron chi connectivity index (χ0n) is 15.9. The third kappa shape index (κ3) is 4.44. The van der Waals surface area contributed by atoms with Gasteiger partial charge in [0, 0.05) is 35.3 Å². The quantitative estimate of drug-likeness (QED) is 0.353. The van der Waals surface area contributed by atoms with Gasteiger partial charge in [-0.15, -0.1) is 0 Å². The molecule has 0 aliphatic heterocycles. The van der Waals surface area contributed by atoms with Crippen LogP contribution in [0.4, 0.5) is 5.00 Å². The Morgan fingerprint density at radius 2 is 1.80 bits per heavy atom. The number of rotatable bonds is 7. The van der Waals surface area contributed by atoms with E-state index < -0.39 is 4.92 Å². The van der Waals surface area contributed by atoms with Crippen molar-refractivity contribution < 1.29 is 9.72 Å². The molecule has 0 unspecified atom stereocenters. The molecule has 1 N–H and O–H groups in total. The van der Waals surface area contributed by atoms with Crippen LogP contribution >= 0.6 is 11.3 Å². The second-order valence-electron chi connectivity index (χ2n) is 6.67. The highest BCUT2D eigenvalue weighted by atomic mass is 32.1. The molecular formula is C22H18N4O3S. The molecule has 2 aromatic heterocycles. The summed E-state index contributed by atoms with van der Waals surface area (Å²) in [5, 5.41) is 19.9. The van der Waals surface area contributed by atoms with Gasteiger partial charge in [-0.2, -0.15) is 5.10 Å². The molecule has 2 heterocycles. The normalized spacial score (nSPS) is 10.7. The average Bonchev–Trinajstić information content (AvgIpc) is 3.41. The summed E-state index contributed by atoms with van der Waals surface area (Å²) in [5.41, 5.74) is 4.03. The monoisotopic (exact) mass is 418 g/mol. The molecule has 2 aromatic carbocycles. The molecule has 0 bridgehead atoms. The second-order valence-corrected chi connectivity index (χ2v) is 7.56. The first-order valence-electron chi connectivity index (χ1n) is 9.27.